The third-order valence-electron chi connectivity index (χ3n) is 5.43. The van der Waals surface area contributed by atoms with Gasteiger partial charge in [-0.3, -0.25) is 9.69 Å². The average Bonchev–Trinajstić information content (AvgIpc) is 2.70. The van der Waals surface area contributed by atoms with Crippen molar-refractivity contribution in [2.24, 2.45) is 5.41 Å². The summed E-state index contributed by atoms with van der Waals surface area (Å²) in [6.07, 6.45) is 2.32. The monoisotopic (exact) mass is 383 g/mol. The molecule has 1 aliphatic heterocycles. The molecule has 0 aromatic heterocycles. The Morgan fingerprint density at radius 3 is 2.79 bits per heavy atom. The van der Waals surface area contributed by atoms with Crippen molar-refractivity contribution in [2.75, 3.05) is 26.8 Å². The van der Waals surface area contributed by atoms with Gasteiger partial charge in [0.05, 0.1) is 19.1 Å². The minimum atomic E-state index is -0.592. The molecule has 1 atom stereocenters. The number of aromatic hydroxyl groups is 1. The molecule has 150 valence electrons. The van der Waals surface area contributed by atoms with Gasteiger partial charge in [0.1, 0.15) is 11.5 Å². The number of carbonyl (C=O) groups excluding carboxylic acids is 1. The Morgan fingerprint density at radius 1 is 1.21 bits per heavy atom. The molecule has 1 saturated heterocycles. The van der Waals surface area contributed by atoms with Gasteiger partial charge in [-0.15, -0.1) is 0 Å². The molecule has 1 N–H and O–H groups in total. The Balaban J connectivity index is 1.83. The van der Waals surface area contributed by atoms with Crippen LogP contribution >= 0.6 is 0 Å². The molecular weight excluding hydrogens is 354 g/mol. The topological polar surface area (TPSA) is 59.0 Å². The Labute approximate surface area is 166 Å². The van der Waals surface area contributed by atoms with E-state index in [1.807, 2.05) is 49.4 Å². The number of phenolic OH excluding ortho intramolecular Hbond substituents is 1. The largest absolute Gasteiger partial charge is 0.508 e. The molecule has 1 aliphatic rings. The van der Waals surface area contributed by atoms with Crippen LogP contribution in [-0.4, -0.2) is 42.8 Å². The summed E-state index contributed by atoms with van der Waals surface area (Å²) in [6, 6.07) is 15.3. The summed E-state index contributed by atoms with van der Waals surface area (Å²) < 4.78 is 10.8. The summed E-state index contributed by atoms with van der Waals surface area (Å²) in [5, 5.41) is 10.1. The van der Waals surface area contributed by atoms with E-state index in [9.17, 15) is 9.90 Å². The number of esters is 1. The smallest absolute Gasteiger partial charge is 0.313 e. The standard InChI is InChI=1S/C23H29NO4/c1-3-28-22(26)23(15-18-8-6-10-20(14-18)27-2)12-7-13-24(17-23)16-19-9-4-5-11-21(19)25/h4-6,8-11,14,25H,3,7,12-13,15-17H2,1-2H3/t23-/m0/s1. The summed E-state index contributed by atoms with van der Waals surface area (Å²) in [5.74, 6) is 0.945. The average molecular weight is 383 g/mol. The van der Waals surface area contributed by atoms with Gasteiger partial charge in [0.2, 0.25) is 0 Å². The molecule has 0 bridgehead atoms. The number of carbonyl (C=O) groups is 1. The summed E-state index contributed by atoms with van der Waals surface area (Å²) in [7, 11) is 1.65. The number of piperidine rings is 1. The van der Waals surface area contributed by atoms with Crippen LogP contribution < -0.4 is 4.74 Å². The number of ether oxygens (including phenoxy) is 2. The van der Waals surface area contributed by atoms with Crippen LogP contribution in [0.15, 0.2) is 48.5 Å². The van der Waals surface area contributed by atoms with Gasteiger partial charge in [-0.1, -0.05) is 30.3 Å². The van der Waals surface area contributed by atoms with Crippen LogP contribution in [-0.2, 0) is 22.5 Å². The Kier molecular flexibility index (Phi) is 6.57. The lowest BCUT2D eigenvalue weighted by Gasteiger charge is -2.41. The number of hydrogen-bond donors (Lipinski definition) is 1. The molecule has 2 aromatic carbocycles. The SMILES string of the molecule is CCOC(=O)[C@]1(Cc2cccc(OC)c2)CCCN(Cc2ccccc2O)C1. The Hall–Kier alpha value is -2.53. The first kappa shape index (κ1) is 20.2. The summed E-state index contributed by atoms with van der Waals surface area (Å²) in [6.45, 7) is 4.34. The van der Waals surface area contributed by atoms with Gasteiger partial charge in [-0.2, -0.15) is 0 Å². The van der Waals surface area contributed by atoms with E-state index in [-0.39, 0.29) is 5.97 Å². The molecule has 0 aliphatic carbocycles. The van der Waals surface area contributed by atoms with E-state index in [2.05, 4.69) is 4.90 Å². The highest BCUT2D eigenvalue weighted by molar-refractivity contribution is 5.78. The van der Waals surface area contributed by atoms with Crippen LogP contribution in [0.4, 0.5) is 0 Å². The molecule has 0 radical (unpaired) electrons. The van der Waals surface area contributed by atoms with Crippen molar-refractivity contribution in [1.82, 2.24) is 4.90 Å². The minimum Gasteiger partial charge on any atom is -0.508 e. The van der Waals surface area contributed by atoms with Crippen LogP contribution in [0.25, 0.3) is 0 Å². The molecule has 0 spiro atoms. The van der Waals surface area contributed by atoms with Crippen LogP contribution in [0, 0.1) is 5.41 Å². The van der Waals surface area contributed by atoms with Crippen molar-refractivity contribution < 1.29 is 19.4 Å². The fourth-order valence-electron chi connectivity index (χ4n) is 4.09. The summed E-state index contributed by atoms with van der Waals surface area (Å²) in [4.78, 5) is 15.3. The van der Waals surface area contributed by atoms with Crippen LogP contribution in [0.5, 0.6) is 11.5 Å². The molecule has 2 aromatic rings. The van der Waals surface area contributed by atoms with Crippen LogP contribution in [0.3, 0.4) is 0 Å². The van der Waals surface area contributed by atoms with Crippen LogP contribution in [0.1, 0.15) is 30.9 Å². The second-order valence-electron chi connectivity index (χ2n) is 7.47. The first-order valence-electron chi connectivity index (χ1n) is 9.86. The van der Waals surface area contributed by atoms with Crippen LogP contribution in [0.2, 0.25) is 0 Å². The molecule has 5 nitrogen and oxygen atoms in total. The van der Waals surface area contributed by atoms with E-state index in [0.29, 0.717) is 31.9 Å². The number of para-hydroxylation sites is 1. The summed E-state index contributed by atoms with van der Waals surface area (Å²) in [5.41, 5.74) is 1.35. The van der Waals surface area contributed by atoms with E-state index in [0.717, 1.165) is 36.3 Å². The number of methoxy groups -OCH3 is 1. The number of likely N-dealkylation sites (tertiary alicyclic amines) is 1. The predicted molar refractivity (Wildman–Crippen MR) is 108 cm³/mol. The van der Waals surface area contributed by atoms with E-state index in [1.54, 1.807) is 13.2 Å². The molecule has 0 unspecified atom stereocenters. The van der Waals surface area contributed by atoms with Crippen molar-refractivity contribution >= 4 is 5.97 Å². The van der Waals surface area contributed by atoms with Gasteiger partial charge < -0.3 is 14.6 Å². The number of nitrogens with zero attached hydrogens (tertiary/aromatic N) is 1. The molecule has 5 heteroatoms. The number of phenols is 1. The van der Waals surface area contributed by atoms with Gasteiger partial charge in [-0.05, 0) is 56.5 Å². The molecular formula is C23H29NO4. The lowest BCUT2D eigenvalue weighted by molar-refractivity contribution is -0.159. The molecule has 28 heavy (non-hydrogen) atoms. The summed E-state index contributed by atoms with van der Waals surface area (Å²) >= 11 is 0. The second kappa shape index (κ2) is 9.11. The fourth-order valence-corrected chi connectivity index (χ4v) is 4.09. The van der Waals surface area contributed by atoms with E-state index in [4.69, 9.17) is 9.47 Å². The van der Waals surface area contributed by atoms with Crippen molar-refractivity contribution in [1.29, 1.82) is 0 Å². The first-order valence-corrected chi connectivity index (χ1v) is 9.86. The number of benzene rings is 2. The van der Waals surface area contributed by atoms with Gasteiger partial charge in [0.15, 0.2) is 0 Å². The maximum absolute atomic E-state index is 13.0. The second-order valence-corrected chi connectivity index (χ2v) is 7.47. The maximum Gasteiger partial charge on any atom is 0.313 e. The zero-order chi connectivity index (χ0) is 20.0. The molecule has 0 saturated carbocycles. The fraction of sp³-hybridized carbons (Fsp3) is 0.435. The molecule has 1 fully saturated rings. The van der Waals surface area contributed by atoms with Gasteiger partial charge >= 0.3 is 5.97 Å². The normalized spacial score (nSPS) is 19.9. The number of hydrogen-bond acceptors (Lipinski definition) is 5. The quantitative estimate of drug-likeness (QED) is 0.737. The zero-order valence-electron chi connectivity index (χ0n) is 16.7. The van der Waals surface area contributed by atoms with Crippen molar-refractivity contribution in [3.8, 4) is 11.5 Å². The highest BCUT2D eigenvalue weighted by atomic mass is 16.5. The molecule has 0 amide bonds. The van der Waals surface area contributed by atoms with Crippen molar-refractivity contribution in [2.45, 2.75) is 32.7 Å². The molecule has 1 heterocycles. The minimum absolute atomic E-state index is 0.139. The van der Waals surface area contributed by atoms with Gasteiger partial charge in [0.25, 0.3) is 0 Å². The number of rotatable bonds is 7. The predicted octanol–water partition coefficient (Wildman–Crippen LogP) is 3.79. The highest BCUT2D eigenvalue weighted by Gasteiger charge is 2.43. The van der Waals surface area contributed by atoms with E-state index in [1.165, 1.54) is 0 Å². The molecule has 3 rings (SSSR count). The Morgan fingerprint density at radius 2 is 2.04 bits per heavy atom. The van der Waals surface area contributed by atoms with Gasteiger partial charge in [-0.25, -0.2) is 0 Å². The van der Waals surface area contributed by atoms with E-state index >= 15 is 0 Å². The van der Waals surface area contributed by atoms with Crippen molar-refractivity contribution in [3.63, 3.8) is 0 Å². The maximum atomic E-state index is 13.0. The van der Waals surface area contributed by atoms with Gasteiger partial charge in [0, 0.05) is 18.7 Å². The third kappa shape index (κ3) is 4.65. The highest BCUT2D eigenvalue weighted by Crippen LogP contribution is 2.37. The zero-order valence-corrected chi connectivity index (χ0v) is 16.7. The first-order chi connectivity index (χ1) is 13.6. The van der Waals surface area contributed by atoms with E-state index < -0.39 is 5.41 Å². The third-order valence-corrected chi connectivity index (χ3v) is 5.43. The lowest BCUT2D eigenvalue weighted by Crippen LogP contribution is -2.49. The Bertz CT molecular complexity index is 807. The van der Waals surface area contributed by atoms with Crippen molar-refractivity contribution in [3.05, 3.63) is 59.7 Å². The lowest BCUT2D eigenvalue weighted by atomic mass is 9.75.